The number of hydrogen-bond acceptors (Lipinski definition) is 5. The summed E-state index contributed by atoms with van der Waals surface area (Å²) in [5, 5.41) is 4.48. The Morgan fingerprint density at radius 2 is 2.16 bits per heavy atom. The summed E-state index contributed by atoms with van der Waals surface area (Å²) in [4.78, 5) is 6.12. The lowest BCUT2D eigenvalue weighted by molar-refractivity contribution is 0.340. The summed E-state index contributed by atoms with van der Waals surface area (Å²) in [5.41, 5.74) is 0.761. The zero-order valence-corrected chi connectivity index (χ0v) is 13.0. The first kappa shape index (κ1) is 13.5. The van der Waals surface area contributed by atoms with Gasteiger partial charge in [0.2, 0.25) is 0 Å². The number of aryl methyl sites for hydroxylation is 2. The zero-order chi connectivity index (χ0) is 13.7. The summed E-state index contributed by atoms with van der Waals surface area (Å²) >= 11 is 1.72. The molecule has 1 atom stereocenters. The highest BCUT2D eigenvalue weighted by Crippen LogP contribution is 2.39. The summed E-state index contributed by atoms with van der Waals surface area (Å²) in [6.07, 6.45) is 4.01. The zero-order valence-electron chi connectivity index (χ0n) is 11.4. The van der Waals surface area contributed by atoms with Gasteiger partial charge in [-0.25, -0.2) is 13.4 Å². The van der Waals surface area contributed by atoms with Crippen LogP contribution in [-0.2, 0) is 28.2 Å². The average Bonchev–Trinajstić information content (AvgIpc) is 2.89. The lowest BCUT2D eigenvalue weighted by Gasteiger charge is -2.29. The quantitative estimate of drug-likeness (QED) is 0.922. The van der Waals surface area contributed by atoms with Gasteiger partial charge in [0, 0.05) is 10.9 Å². The fraction of sp³-hybridized carbons (Fsp3) is 0.769. The van der Waals surface area contributed by atoms with Crippen molar-refractivity contribution in [3.63, 3.8) is 0 Å². The van der Waals surface area contributed by atoms with E-state index in [1.54, 1.807) is 11.3 Å². The minimum atomic E-state index is -2.94. The normalized spacial score (nSPS) is 29.0. The van der Waals surface area contributed by atoms with E-state index in [4.69, 9.17) is 4.98 Å². The van der Waals surface area contributed by atoms with Crippen LogP contribution < -0.4 is 5.32 Å². The van der Waals surface area contributed by atoms with E-state index in [0.29, 0.717) is 6.42 Å². The molecule has 2 aliphatic rings. The molecule has 1 aliphatic carbocycles. The van der Waals surface area contributed by atoms with Crippen LogP contribution in [0, 0.1) is 0 Å². The predicted octanol–water partition coefficient (Wildman–Crippen LogP) is 1.64. The van der Waals surface area contributed by atoms with E-state index < -0.39 is 15.4 Å². The Balaban J connectivity index is 1.99. The van der Waals surface area contributed by atoms with Gasteiger partial charge in [-0.05, 0) is 39.5 Å². The number of fused-ring (bicyclic) bond motifs is 1. The van der Waals surface area contributed by atoms with Crippen LogP contribution in [0.1, 0.15) is 42.3 Å². The van der Waals surface area contributed by atoms with Crippen LogP contribution in [0.5, 0.6) is 0 Å². The number of aromatic nitrogens is 1. The third kappa shape index (κ3) is 2.45. The molecule has 6 heteroatoms. The molecule has 4 nitrogen and oxygen atoms in total. The molecule has 0 aromatic carbocycles. The average molecular weight is 300 g/mol. The highest BCUT2D eigenvalue weighted by molar-refractivity contribution is 7.91. The monoisotopic (exact) mass is 300 g/mol. The van der Waals surface area contributed by atoms with Crippen LogP contribution in [0.25, 0.3) is 0 Å². The van der Waals surface area contributed by atoms with E-state index in [1.807, 2.05) is 0 Å². The van der Waals surface area contributed by atoms with Crippen molar-refractivity contribution in [2.75, 3.05) is 11.5 Å². The Kier molecular flexibility index (Phi) is 3.22. The van der Waals surface area contributed by atoms with Crippen molar-refractivity contribution < 1.29 is 8.42 Å². The standard InChI is InChI=1S/C13H20N2O2S2/c1-9(2)15-13(6-7-19(16,17)8-13)12-14-10-4-3-5-11(10)18-12/h9,15H,3-8H2,1-2H3. The molecule has 1 saturated heterocycles. The number of hydrogen-bond donors (Lipinski definition) is 1. The Hall–Kier alpha value is -0.460. The number of rotatable bonds is 3. The fourth-order valence-corrected chi connectivity index (χ4v) is 6.48. The van der Waals surface area contributed by atoms with Crippen LogP contribution >= 0.6 is 11.3 Å². The van der Waals surface area contributed by atoms with E-state index in [9.17, 15) is 8.42 Å². The van der Waals surface area contributed by atoms with Gasteiger partial charge in [0.15, 0.2) is 9.84 Å². The first-order chi connectivity index (χ1) is 8.90. The maximum Gasteiger partial charge on any atom is 0.152 e. The van der Waals surface area contributed by atoms with Crippen molar-refractivity contribution in [1.29, 1.82) is 0 Å². The van der Waals surface area contributed by atoms with Crippen molar-refractivity contribution in [2.24, 2.45) is 0 Å². The minimum Gasteiger partial charge on any atom is -0.302 e. The molecule has 0 radical (unpaired) electrons. The van der Waals surface area contributed by atoms with Crippen LogP contribution in [-0.4, -0.2) is 30.9 Å². The molecule has 1 fully saturated rings. The van der Waals surface area contributed by atoms with Gasteiger partial charge in [0.05, 0.1) is 22.7 Å². The van der Waals surface area contributed by atoms with Gasteiger partial charge in [0.25, 0.3) is 0 Å². The number of nitrogens with one attached hydrogen (secondary N) is 1. The maximum absolute atomic E-state index is 11.9. The smallest absolute Gasteiger partial charge is 0.152 e. The van der Waals surface area contributed by atoms with Crippen molar-refractivity contribution >= 4 is 21.2 Å². The van der Waals surface area contributed by atoms with Crippen molar-refractivity contribution in [2.45, 2.75) is 51.1 Å². The molecule has 1 unspecified atom stereocenters. The SMILES string of the molecule is CC(C)NC1(c2nc3c(s2)CCC3)CCS(=O)(=O)C1. The third-order valence-corrected chi connectivity index (χ3v) is 7.00. The summed E-state index contributed by atoms with van der Waals surface area (Å²) in [6.45, 7) is 4.13. The highest BCUT2D eigenvalue weighted by atomic mass is 32.2. The molecule has 1 aromatic heterocycles. The molecular weight excluding hydrogens is 280 g/mol. The molecule has 1 aliphatic heterocycles. The molecule has 2 heterocycles. The van der Waals surface area contributed by atoms with Crippen molar-refractivity contribution in [3.05, 3.63) is 15.6 Å². The van der Waals surface area contributed by atoms with Crippen LogP contribution in [0.4, 0.5) is 0 Å². The Labute approximate surface area is 118 Å². The van der Waals surface area contributed by atoms with Gasteiger partial charge in [-0.3, -0.25) is 0 Å². The maximum atomic E-state index is 11.9. The molecule has 0 bridgehead atoms. The van der Waals surface area contributed by atoms with E-state index in [1.165, 1.54) is 17.0 Å². The van der Waals surface area contributed by atoms with E-state index in [2.05, 4.69) is 19.2 Å². The number of thiazole rings is 1. The topological polar surface area (TPSA) is 59.1 Å². The van der Waals surface area contributed by atoms with E-state index in [-0.39, 0.29) is 17.5 Å². The Bertz CT molecular complexity index is 570. The molecule has 1 N–H and O–H groups in total. The second-order valence-corrected chi connectivity index (χ2v) is 9.23. The number of sulfone groups is 1. The fourth-order valence-electron chi connectivity index (χ4n) is 3.14. The summed E-state index contributed by atoms with van der Waals surface area (Å²) in [7, 11) is -2.94. The van der Waals surface area contributed by atoms with Gasteiger partial charge in [0.1, 0.15) is 5.01 Å². The molecule has 0 saturated carbocycles. The van der Waals surface area contributed by atoms with Gasteiger partial charge < -0.3 is 5.32 Å². The summed E-state index contributed by atoms with van der Waals surface area (Å²) < 4.78 is 23.8. The third-order valence-electron chi connectivity index (χ3n) is 3.88. The molecule has 0 spiro atoms. The van der Waals surface area contributed by atoms with Gasteiger partial charge in [-0.2, -0.15) is 0 Å². The Morgan fingerprint density at radius 1 is 1.37 bits per heavy atom. The second-order valence-electron chi connectivity index (χ2n) is 5.97. The van der Waals surface area contributed by atoms with Gasteiger partial charge in [-0.1, -0.05) is 0 Å². The molecule has 3 rings (SSSR count). The Morgan fingerprint density at radius 3 is 2.74 bits per heavy atom. The molecule has 19 heavy (non-hydrogen) atoms. The molecular formula is C13H20N2O2S2. The first-order valence-electron chi connectivity index (χ1n) is 6.87. The summed E-state index contributed by atoms with van der Waals surface area (Å²) in [5.74, 6) is 0.474. The van der Waals surface area contributed by atoms with E-state index in [0.717, 1.165) is 17.8 Å². The molecule has 106 valence electrons. The summed E-state index contributed by atoms with van der Waals surface area (Å²) in [6, 6.07) is 0.257. The second kappa shape index (κ2) is 4.53. The number of nitrogens with zero attached hydrogens (tertiary/aromatic N) is 1. The highest BCUT2D eigenvalue weighted by Gasteiger charge is 2.46. The molecule has 0 amide bonds. The van der Waals surface area contributed by atoms with Crippen molar-refractivity contribution in [3.8, 4) is 0 Å². The minimum absolute atomic E-state index is 0.199. The van der Waals surface area contributed by atoms with E-state index >= 15 is 0 Å². The van der Waals surface area contributed by atoms with Crippen LogP contribution in [0.3, 0.4) is 0 Å². The van der Waals surface area contributed by atoms with Crippen molar-refractivity contribution in [1.82, 2.24) is 10.3 Å². The molecule has 1 aromatic rings. The van der Waals surface area contributed by atoms with Gasteiger partial charge >= 0.3 is 0 Å². The van der Waals surface area contributed by atoms with Crippen LogP contribution in [0.2, 0.25) is 0 Å². The largest absolute Gasteiger partial charge is 0.302 e. The lowest BCUT2D eigenvalue weighted by atomic mass is 9.98. The predicted molar refractivity (Wildman–Crippen MR) is 77.4 cm³/mol. The van der Waals surface area contributed by atoms with Crippen LogP contribution in [0.15, 0.2) is 0 Å². The lowest BCUT2D eigenvalue weighted by Crippen LogP contribution is -2.47. The first-order valence-corrected chi connectivity index (χ1v) is 9.51. The van der Waals surface area contributed by atoms with Gasteiger partial charge in [-0.15, -0.1) is 11.3 Å².